The van der Waals surface area contributed by atoms with E-state index in [-0.39, 0.29) is 24.8 Å². The Kier molecular flexibility index (Phi) is 8.95. The fraction of sp³-hybridized carbons (Fsp3) is 0.455. The summed E-state index contributed by atoms with van der Waals surface area (Å²) in [6.07, 6.45) is 3.01. The summed E-state index contributed by atoms with van der Waals surface area (Å²) in [5, 5.41) is 6.47. The van der Waals surface area contributed by atoms with E-state index in [1.807, 2.05) is 36.4 Å². The minimum Gasteiger partial charge on any atom is -0.467 e. The molecule has 9 nitrogen and oxygen atoms in total. The maximum atomic E-state index is 14.3. The van der Waals surface area contributed by atoms with Crippen molar-refractivity contribution < 1.29 is 37.0 Å². The van der Waals surface area contributed by atoms with Gasteiger partial charge in [0.05, 0.1) is 29.4 Å². The van der Waals surface area contributed by atoms with Gasteiger partial charge in [-0.1, -0.05) is 48.5 Å². The molecule has 3 heterocycles. The predicted molar refractivity (Wildman–Crippen MR) is 166 cm³/mol. The maximum Gasteiger partial charge on any atom is 0.416 e. The molecule has 2 aromatic carbocycles. The fourth-order valence-electron chi connectivity index (χ4n) is 6.32. The van der Waals surface area contributed by atoms with E-state index < -0.39 is 47.3 Å². The number of carbonyl (C=O) groups excluding carboxylic acids is 3. The van der Waals surface area contributed by atoms with Crippen LogP contribution in [0.2, 0.25) is 0 Å². The number of hydrogen-bond acceptors (Lipinski definition) is 8. The number of thiazole rings is 1. The summed E-state index contributed by atoms with van der Waals surface area (Å²) >= 11 is 1.37. The van der Waals surface area contributed by atoms with Crippen LogP contribution in [0.5, 0.6) is 5.19 Å². The second-order valence-corrected chi connectivity index (χ2v) is 13.0. The number of allylic oxidation sites excluding steroid dienone is 1. The van der Waals surface area contributed by atoms with Crippen molar-refractivity contribution in [2.45, 2.75) is 74.8 Å². The molecule has 2 aliphatic heterocycles. The maximum absolute atomic E-state index is 14.3. The fourth-order valence-corrected chi connectivity index (χ4v) is 7.20. The van der Waals surface area contributed by atoms with E-state index in [1.54, 1.807) is 0 Å². The number of aromatic nitrogens is 1. The number of fused-ring (bicyclic) bond motifs is 3. The van der Waals surface area contributed by atoms with Crippen LogP contribution >= 0.6 is 11.3 Å². The number of para-hydroxylation sites is 1. The zero-order chi connectivity index (χ0) is 32.5. The summed E-state index contributed by atoms with van der Waals surface area (Å²) in [4.78, 5) is 47.1. The highest BCUT2D eigenvalue weighted by Gasteiger charge is 2.62. The van der Waals surface area contributed by atoms with Crippen molar-refractivity contribution in [3.05, 3.63) is 66.2 Å². The van der Waals surface area contributed by atoms with Gasteiger partial charge in [-0.15, -0.1) is 0 Å². The summed E-state index contributed by atoms with van der Waals surface area (Å²) < 4.78 is 51.8. The van der Waals surface area contributed by atoms with E-state index in [0.29, 0.717) is 30.1 Å². The van der Waals surface area contributed by atoms with Crippen LogP contribution in [0.25, 0.3) is 10.2 Å². The molecule has 0 unspecified atom stereocenters. The first kappa shape index (κ1) is 31.8. The molecule has 1 saturated heterocycles. The Labute approximate surface area is 268 Å². The predicted octanol–water partition coefficient (Wildman–Crippen LogP) is 5.71. The van der Waals surface area contributed by atoms with Crippen LogP contribution in [0.3, 0.4) is 0 Å². The lowest BCUT2D eigenvalue weighted by Gasteiger charge is -2.30. The van der Waals surface area contributed by atoms with Gasteiger partial charge >= 0.3 is 12.1 Å². The quantitative estimate of drug-likeness (QED) is 0.268. The SMILES string of the molecule is COC(=O)[C@@]12C[C@H]1C=CCCCCC[C@H](Nc1ccc(C(F)(F)F)cc1)C(=O)N1C[C@H](Oc3nc4ccccc4s3)C[C@H]1C(=O)N2. The van der Waals surface area contributed by atoms with Gasteiger partial charge in [-0.05, 0) is 62.1 Å². The third-order valence-corrected chi connectivity index (χ3v) is 9.81. The first-order valence-corrected chi connectivity index (χ1v) is 16.2. The van der Waals surface area contributed by atoms with E-state index >= 15 is 0 Å². The van der Waals surface area contributed by atoms with Crippen molar-refractivity contribution in [3.8, 4) is 5.19 Å². The second-order valence-electron chi connectivity index (χ2n) is 12.0. The van der Waals surface area contributed by atoms with Crippen molar-refractivity contribution in [1.29, 1.82) is 0 Å². The second kappa shape index (κ2) is 12.9. The van der Waals surface area contributed by atoms with E-state index in [4.69, 9.17) is 9.47 Å². The molecule has 244 valence electrons. The number of benzene rings is 2. The van der Waals surface area contributed by atoms with Crippen molar-refractivity contribution in [2.75, 3.05) is 19.0 Å². The van der Waals surface area contributed by atoms with E-state index in [9.17, 15) is 27.6 Å². The molecule has 13 heteroatoms. The van der Waals surface area contributed by atoms with Gasteiger partial charge in [0.2, 0.25) is 11.8 Å². The number of methoxy groups -OCH3 is 1. The number of halogens is 3. The Morgan fingerprint density at radius 2 is 1.89 bits per heavy atom. The number of rotatable bonds is 5. The number of alkyl halides is 3. The van der Waals surface area contributed by atoms with Crippen LogP contribution in [-0.2, 0) is 25.3 Å². The van der Waals surface area contributed by atoms with Crippen LogP contribution in [0, 0.1) is 5.92 Å². The largest absolute Gasteiger partial charge is 0.467 e. The van der Waals surface area contributed by atoms with Gasteiger partial charge in [-0.3, -0.25) is 9.59 Å². The molecule has 3 aromatic rings. The van der Waals surface area contributed by atoms with Gasteiger partial charge in [0.15, 0.2) is 0 Å². The Bertz CT molecular complexity index is 1590. The highest BCUT2D eigenvalue weighted by Crippen LogP contribution is 2.46. The molecule has 2 N–H and O–H groups in total. The third-order valence-electron chi connectivity index (χ3n) is 8.88. The smallest absolute Gasteiger partial charge is 0.416 e. The standard InChI is InChI=1S/C33H35F3N4O5S/c1-44-30(43)32-18-21(32)9-5-3-2-4-6-11-25(37-22-15-13-20(14-16-22)33(34,35)36)29(42)40-19-23(17-26(40)28(41)39-32)45-31-38-24-10-7-8-12-27(24)46-31/h5,7-10,12-16,21,23,25-26,37H,2-4,6,11,17-19H2,1H3,(H,39,41)/t21-,23-,25+,26+,32-/m1/s1. The summed E-state index contributed by atoms with van der Waals surface area (Å²) in [6, 6.07) is 10.4. The first-order chi connectivity index (χ1) is 22.1. The Balaban J connectivity index is 1.29. The summed E-state index contributed by atoms with van der Waals surface area (Å²) in [5.74, 6) is -1.63. The summed E-state index contributed by atoms with van der Waals surface area (Å²) in [6.45, 7) is 0.0899. The molecule has 0 bridgehead atoms. The van der Waals surface area contributed by atoms with Gasteiger partial charge in [-0.25, -0.2) is 9.78 Å². The Morgan fingerprint density at radius 1 is 1.11 bits per heavy atom. The molecule has 3 aliphatic rings. The van der Waals surface area contributed by atoms with Crippen molar-refractivity contribution in [1.82, 2.24) is 15.2 Å². The Hall–Kier alpha value is -4.13. The highest BCUT2D eigenvalue weighted by molar-refractivity contribution is 7.20. The lowest BCUT2D eigenvalue weighted by Crippen LogP contribution is -2.55. The molecule has 0 spiro atoms. The molecule has 1 saturated carbocycles. The average molecular weight is 657 g/mol. The normalized spacial score (nSPS) is 27.2. The van der Waals surface area contributed by atoms with Crippen LogP contribution < -0.4 is 15.4 Å². The lowest BCUT2D eigenvalue weighted by atomic mass is 10.0. The van der Waals surface area contributed by atoms with Crippen molar-refractivity contribution in [3.63, 3.8) is 0 Å². The topological polar surface area (TPSA) is 110 Å². The van der Waals surface area contributed by atoms with Gasteiger partial charge in [0.25, 0.3) is 5.19 Å². The molecule has 0 radical (unpaired) electrons. The van der Waals surface area contributed by atoms with Gasteiger partial charge < -0.3 is 25.0 Å². The number of esters is 1. The van der Waals surface area contributed by atoms with Crippen molar-refractivity contribution in [2.24, 2.45) is 5.92 Å². The molecular formula is C33H35F3N4O5S. The number of nitrogens with one attached hydrogen (secondary N) is 2. The van der Waals surface area contributed by atoms with Crippen LogP contribution in [-0.4, -0.2) is 65.0 Å². The van der Waals surface area contributed by atoms with Gasteiger partial charge in [0.1, 0.15) is 23.7 Å². The number of amides is 2. The summed E-state index contributed by atoms with van der Waals surface area (Å²) in [5.41, 5.74) is -0.859. The lowest BCUT2D eigenvalue weighted by molar-refractivity contribution is -0.148. The number of nitrogens with zero attached hydrogens (tertiary/aromatic N) is 2. The van der Waals surface area contributed by atoms with Crippen LogP contribution in [0.15, 0.2) is 60.7 Å². The van der Waals surface area contributed by atoms with Gasteiger partial charge in [-0.2, -0.15) is 13.2 Å². The molecule has 6 rings (SSSR count). The first-order valence-electron chi connectivity index (χ1n) is 15.4. The molecule has 1 aliphatic carbocycles. The zero-order valence-electron chi connectivity index (χ0n) is 25.2. The van der Waals surface area contributed by atoms with E-state index in [1.165, 1.54) is 35.5 Å². The van der Waals surface area contributed by atoms with Crippen LogP contribution in [0.1, 0.15) is 50.5 Å². The minimum atomic E-state index is -4.48. The van der Waals surface area contributed by atoms with Crippen LogP contribution in [0.4, 0.5) is 18.9 Å². The minimum absolute atomic E-state index is 0.0899. The molecule has 2 amide bonds. The van der Waals surface area contributed by atoms with Gasteiger partial charge in [0, 0.05) is 18.0 Å². The number of ether oxygens (including phenoxy) is 2. The summed E-state index contributed by atoms with van der Waals surface area (Å²) in [7, 11) is 1.28. The molecular weight excluding hydrogens is 621 g/mol. The molecule has 2 fully saturated rings. The molecule has 1 aromatic heterocycles. The van der Waals surface area contributed by atoms with E-state index in [0.717, 1.165) is 41.6 Å². The van der Waals surface area contributed by atoms with E-state index in [2.05, 4.69) is 15.6 Å². The zero-order valence-corrected chi connectivity index (χ0v) is 26.0. The van der Waals surface area contributed by atoms with Crippen molar-refractivity contribution >= 4 is 45.0 Å². The third kappa shape index (κ3) is 6.69. The average Bonchev–Trinajstić information content (AvgIpc) is 3.34. The monoisotopic (exact) mass is 656 g/mol. The highest BCUT2D eigenvalue weighted by atomic mass is 32.1. The molecule has 46 heavy (non-hydrogen) atoms. The Morgan fingerprint density at radius 3 is 2.63 bits per heavy atom. The number of carbonyl (C=O) groups is 3. The number of anilines is 1. The number of hydrogen-bond donors (Lipinski definition) is 2. The molecule has 5 atom stereocenters.